The summed E-state index contributed by atoms with van der Waals surface area (Å²) in [5, 5.41) is 0.811. The molecule has 0 atom stereocenters. The largest absolute Gasteiger partial charge is 0.254 e. The second kappa shape index (κ2) is 8.29. The summed E-state index contributed by atoms with van der Waals surface area (Å²) < 4.78 is 4.29. The number of hydrogen-bond acceptors (Lipinski definition) is 5. The Hall–Kier alpha value is -1.04. The Kier molecular flexibility index (Phi) is 6.36. The molecule has 3 aromatic heterocycles. The maximum Gasteiger partial charge on any atom is 0.192 e. The third kappa shape index (κ3) is 4.23. The molecule has 104 valence electrons. The molecule has 0 N–H and O–H groups in total. The van der Waals surface area contributed by atoms with Gasteiger partial charge in [-0.2, -0.15) is 4.37 Å². The SMILES string of the molecule is [Cl][Fe][Cl].c1ccc(-c2nsc(-c3ccccn3)n2)nc1. The van der Waals surface area contributed by atoms with E-state index in [1.165, 1.54) is 11.5 Å². The van der Waals surface area contributed by atoms with Crippen LogP contribution in [-0.2, 0) is 13.1 Å². The Morgan fingerprint density at radius 2 is 1.50 bits per heavy atom. The second-order valence-corrected chi connectivity index (χ2v) is 5.98. The van der Waals surface area contributed by atoms with E-state index >= 15 is 0 Å². The van der Waals surface area contributed by atoms with Crippen LogP contribution >= 0.6 is 31.7 Å². The molecule has 3 rings (SSSR count). The van der Waals surface area contributed by atoms with Crippen molar-refractivity contribution in [3.8, 4) is 22.2 Å². The minimum atomic E-state index is 0.194. The smallest absolute Gasteiger partial charge is 0.192 e. The number of pyridine rings is 2. The van der Waals surface area contributed by atoms with Gasteiger partial charge in [-0.05, 0) is 35.8 Å². The maximum absolute atomic E-state index is 4.76. The molecular weight excluding hydrogens is 359 g/mol. The van der Waals surface area contributed by atoms with Crippen molar-refractivity contribution in [3.05, 3.63) is 48.8 Å². The minimum absolute atomic E-state index is 0.194. The summed E-state index contributed by atoms with van der Waals surface area (Å²) in [6.07, 6.45) is 3.48. The molecule has 8 heteroatoms. The molecule has 0 aliphatic rings. The van der Waals surface area contributed by atoms with Crippen LogP contribution in [0.15, 0.2) is 48.8 Å². The van der Waals surface area contributed by atoms with Crippen LogP contribution in [0.5, 0.6) is 0 Å². The van der Waals surface area contributed by atoms with Crippen molar-refractivity contribution < 1.29 is 13.1 Å². The Labute approximate surface area is 135 Å². The van der Waals surface area contributed by atoms with Crippen LogP contribution in [0, 0.1) is 0 Å². The van der Waals surface area contributed by atoms with Crippen molar-refractivity contribution in [2.24, 2.45) is 0 Å². The molecule has 3 aromatic rings. The molecule has 0 fully saturated rings. The predicted octanol–water partition coefficient (Wildman–Crippen LogP) is 4.04. The molecule has 20 heavy (non-hydrogen) atoms. The van der Waals surface area contributed by atoms with Crippen molar-refractivity contribution in [1.82, 2.24) is 19.3 Å². The summed E-state index contributed by atoms with van der Waals surface area (Å²) in [7, 11) is 9.53. The van der Waals surface area contributed by atoms with Gasteiger partial charge in [0.15, 0.2) is 10.8 Å². The summed E-state index contributed by atoms with van der Waals surface area (Å²) in [6, 6.07) is 11.4. The van der Waals surface area contributed by atoms with Crippen LogP contribution in [0.3, 0.4) is 0 Å². The normalized spacial score (nSPS) is 9.90. The number of nitrogens with zero attached hydrogens (tertiary/aromatic N) is 4. The molecule has 0 saturated heterocycles. The molecular formula is C12H8Cl2FeN4S. The van der Waals surface area contributed by atoms with E-state index in [9.17, 15) is 0 Å². The Balaban J connectivity index is 0.000000452. The van der Waals surface area contributed by atoms with Gasteiger partial charge in [0.2, 0.25) is 0 Å². The van der Waals surface area contributed by atoms with Crippen molar-refractivity contribution in [2.45, 2.75) is 0 Å². The van der Waals surface area contributed by atoms with E-state index in [0.717, 1.165) is 16.4 Å². The van der Waals surface area contributed by atoms with Gasteiger partial charge in [0.1, 0.15) is 11.4 Å². The molecule has 0 aromatic carbocycles. The van der Waals surface area contributed by atoms with E-state index in [1.807, 2.05) is 36.4 Å². The zero-order chi connectivity index (χ0) is 14.2. The van der Waals surface area contributed by atoms with Crippen LogP contribution in [0.4, 0.5) is 0 Å². The van der Waals surface area contributed by atoms with Gasteiger partial charge >= 0.3 is 33.3 Å². The monoisotopic (exact) mass is 366 g/mol. The van der Waals surface area contributed by atoms with Crippen molar-refractivity contribution in [2.75, 3.05) is 0 Å². The summed E-state index contributed by atoms with van der Waals surface area (Å²) in [5.74, 6) is 0.649. The fraction of sp³-hybridized carbons (Fsp3) is 0. The van der Waals surface area contributed by atoms with Gasteiger partial charge in [0, 0.05) is 12.4 Å². The standard InChI is InChI=1S/C12H8N4S.2ClH.Fe/c1-3-7-13-9(5-1)11-15-12(17-16-11)10-6-2-4-8-14-10;;;/h1-8H;2*1H;/q;;;+2/p-2. The Morgan fingerprint density at radius 1 is 0.900 bits per heavy atom. The summed E-state index contributed by atoms with van der Waals surface area (Å²) in [6.45, 7) is 0. The third-order valence-corrected chi connectivity index (χ3v) is 2.94. The fourth-order valence-corrected chi connectivity index (χ4v) is 2.06. The first-order chi connectivity index (χ1) is 9.85. The van der Waals surface area contributed by atoms with E-state index in [2.05, 4.69) is 19.3 Å². The third-order valence-electron chi connectivity index (χ3n) is 2.20. The van der Waals surface area contributed by atoms with Crippen LogP contribution in [-0.4, -0.2) is 19.3 Å². The van der Waals surface area contributed by atoms with Gasteiger partial charge in [-0.25, -0.2) is 4.98 Å². The molecule has 0 amide bonds. The van der Waals surface area contributed by atoms with E-state index in [0.29, 0.717) is 5.82 Å². The molecule has 3 heterocycles. The quantitative estimate of drug-likeness (QED) is 0.642. The number of halogens is 2. The minimum Gasteiger partial charge on any atom is -0.254 e. The first-order valence-corrected chi connectivity index (χ1v) is 9.18. The van der Waals surface area contributed by atoms with Gasteiger partial charge in [-0.15, -0.1) is 0 Å². The van der Waals surface area contributed by atoms with Crippen LogP contribution < -0.4 is 0 Å². The first kappa shape index (κ1) is 15.4. The van der Waals surface area contributed by atoms with Crippen molar-refractivity contribution in [3.63, 3.8) is 0 Å². The topological polar surface area (TPSA) is 51.6 Å². The Bertz CT molecular complexity index is 582. The number of aromatic nitrogens is 4. The average Bonchev–Trinajstić information content (AvgIpc) is 3.00. The second-order valence-electron chi connectivity index (χ2n) is 3.40. The van der Waals surface area contributed by atoms with Crippen molar-refractivity contribution in [1.29, 1.82) is 0 Å². The molecule has 0 spiro atoms. The molecule has 0 aliphatic heterocycles. The van der Waals surface area contributed by atoms with E-state index in [-0.39, 0.29) is 13.1 Å². The van der Waals surface area contributed by atoms with Gasteiger partial charge in [0.25, 0.3) is 0 Å². The summed E-state index contributed by atoms with van der Waals surface area (Å²) >= 11 is 1.53. The summed E-state index contributed by atoms with van der Waals surface area (Å²) in [5.41, 5.74) is 1.62. The number of hydrogen-bond donors (Lipinski definition) is 0. The average molecular weight is 367 g/mol. The predicted molar refractivity (Wildman–Crippen MR) is 78.1 cm³/mol. The van der Waals surface area contributed by atoms with Crippen molar-refractivity contribution >= 4 is 31.7 Å². The van der Waals surface area contributed by atoms with Crippen LogP contribution in [0.2, 0.25) is 0 Å². The van der Waals surface area contributed by atoms with E-state index in [1.54, 1.807) is 12.4 Å². The van der Waals surface area contributed by atoms with Gasteiger partial charge in [0.05, 0.1) is 0 Å². The Morgan fingerprint density at radius 3 is 2.05 bits per heavy atom. The molecule has 0 radical (unpaired) electrons. The first-order valence-electron chi connectivity index (χ1n) is 5.37. The fourth-order valence-electron chi connectivity index (χ4n) is 1.42. The maximum atomic E-state index is 4.76. The molecule has 0 aliphatic carbocycles. The zero-order valence-corrected chi connectivity index (χ0v) is 13.4. The summed E-state index contributed by atoms with van der Waals surface area (Å²) in [4.78, 5) is 12.9. The molecule has 0 bridgehead atoms. The van der Waals surface area contributed by atoms with Gasteiger partial charge < -0.3 is 0 Å². The molecule has 4 nitrogen and oxygen atoms in total. The van der Waals surface area contributed by atoms with Crippen LogP contribution in [0.25, 0.3) is 22.2 Å². The van der Waals surface area contributed by atoms with Crippen LogP contribution in [0.1, 0.15) is 0 Å². The number of rotatable bonds is 2. The van der Waals surface area contributed by atoms with E-state index in [4.69, 9.17) is 20.2 Å². The van der Waals surface area contributed by atoms with Gasteiger partial charge in [-0.3, -0.25) is 9.97 Å². The van der Waals surface area contributed by atoms with E-state index < -0.39 is 0 Å². The molecule has 0 saturated carbocycles. The molecule has 0 unspecified atom stereocenters. The zero-order valence-electron chi connectivity index (χ0n) is 9.93. The van der Waals surface area contributed by atoms with Gasteiger partial charge in [-0.1, -0.05) is 12.1 Å².